The fourth-order valence-corrected chi connectivity index (χ4v) is 0.645. The Kier molecular flexibility index (Phi) is 5.10. The molecule has 0 bridgehead atoms. The largest absolute Gasteiger partial charge is 0.0900 e. The molecular formula is C7H11S2. The van der Waals surface area contributed by atoms with Crippen molar-refractivity contribution < 1.29 is 0 Å². The van der Waals surface area contributed by atoms with E-state index in [1.807, 2.05) is 6.92 Å². The highest BCUT2D eigenvalue weighted by molar-refractivity contribution is 7.80. The van der Waals surface area contributed by atoms with E-state index in [0.717, 1.165) is 29.0 Å². The highest BCUT2D eigenvalue weighted by Gasteiger charge is 1.93. The van der Waals surface area contributed by atoms with Crippen LogP contribution >= 0.6 is 24.4 Å². The zero-order chi connectivity index (χ0) is 7.28. The van der Waals surface area contributed by atoms with Gasteiger partial charge in [-0.25, -0.2) is 0 Å². The predicted molar refractivity (Wildman–Crippen MR) is 50.1 cm³/mol. The van der Waals surface area contributed by atoms with Crippen LogP contribution in [0.15, 0.2) is 0 Å². The van der Waals surface area contributed by atoms with Crippen LogP contribution in [0.5, 0.6) is 0 Å². The molecule has 0 heterocycles. The van der Waals surface area contributed by atoms with Crippen molar-refractivity contribution in [3.8, 4) is 0 Å². The van der Waals surface area contributed by atoms with Gasteiger partial charge < -0.3 is 0 Å². The first-order chi connectivity index (χ1) is 4.16. The van der Waals surface area contributed by atoms with Gasteiger partial charge in [0.25, 0.3) is 0 Å². The van der Waals surface area contributed by atoms with Crippen molar-refractivity contribution in [1.82, 2.24) is 0 Å². The minimum Gasteiger partial charge on any atom is -0.0900 e. The minimum atomic E-state index is 0.762. The zero-order valence-corrected chi connectivity index (χ0v) is 7.28. The van der Waals surface area contributed by atoms with E-state index < -0.39 is 0 Å². The van der Waals surface area contributed by atoms with E-state index in [1.165, 1.54) is 0 Å². The Labute approximate surface area is 67.6 Å². The first kappa shape index (κ1) is 9.18. The molecule has 0 aliphatic heterocycles. The van der Waals surface area contributed by atoms with Crippen molar-refractivity contribution in [3.63, 3.8) is 0 Å². The molecule has 0 aliphatic rings. The molecule has 0 rings (SSSR count). The summed E-state index contributed by atoms with van der Waals surface area (Å²) in [5, 5.41) is 0. The van der Waals surface area contributed by atoms with E-state index in [0.29, 0.717) is 0 Å². The highest BCUT2D eigenvalue weighted by Crippen LogP contribution is 1.98. The molecule has 1 radical (unpaired) electrons. The smallest absolute Gasteiger partial charge is 0.00680 e. The van der Waals surface area contributed by atoms with Crippen LogP contribution in [0.2, 0.25) is 0 Å². The summed E-state index contributed by atoms with van der Waals surface area (Å²) >= 11 is 9.83. The molecule has 0 aromatic rings. The third-order valence-corrected chi connectivity index (χ3v) is 1.65. The van der Waals surface area contributed by atoms with Gasteiger partial charge in [-0.2, -0.15) is 0 Å². The zero-order valence-electron chi connectivity index (χ0n) is 5.64. The molecule has 0 fully saturated rings. The Hall–Kier alpha value is 0.180. The molecule has 0 aromatic heterocycles. The molecule has 0 nitrogen and oxygen atoms in total. The summed E-state index contributed by atoms with van der Waals surface area (Å²) in [7, 11) is 0. The van der Waals surface area contributed by atoms with Gasteiger partial charge in [0.05, 0.1) is 0 Å². The summed E-state index contributed by atoms with van der Waals surface area (Å²) < 4.78 is 0. The molecule has 0 spiro atoms. The molecule has 0 unspecified atom stereocenters. The lowest BCUT2D eigenvalue weighted by atomic mass is 10.2. The number of hydrogen-bond acceptors (Lipinski definition) is 2. The van der Waals surface area contributed by atoms with Gasteiger partial charge >= 0.3 is 0 Å². The maximum atomic E-state index is 4.95. The van der Waals surface area contributed by atoms with Gasteiger partial charge in [0, 0.05) is 0 Å². The Bertz CT molecular complexity index is 116. The quantitative estimate of drug-likeness (QED) is 0.578. The topological polar surface area (TPSA) is 0 Å². The normalized spacial score (nSPS) is 9.11. The van der Waals surface area contributed by atoms with Gasteiger partial charge in [0.2, 0.25) is 0 Å². The van der Waals surface area contributed by atoms with E-state index in [2.05, 4.69) is 6.92 Å². The molecule has 2 heteroatoms. The van der Waals surface area contributed by atoms with Crippen LogP contribution in [0.1, 0.15) is 26.2 Å². The number of rotatable bonds is 4. The number of thiocarbonyl (C=S) groups is 2. The molecule has 0 aliphatic carbocycles. The van der Waals surface area contributed by atoms with E-state index in [-0.39, 0.29) is 0 Å². The van der Waals surface area contributed by atoms with Crippen molar-refractivity contribution in [1.29, 1.82) is 0 Å². The van der Waals surface area contributed by atoms with Crippen LogP contribution in [0.4, 0.5) is 0 Å². The van der Waals surface area contributed by atoms with Crippen molar-refractivity contribution in [2.75, 3.05) is 0 Å². The van der Waals surface area contributed by atoms with E-state index in [9.17, 15) is 0 Å². The summed E-state index contributed by atoms with van der Waals surface area (Å²) in [5.74, 6) is 0. The molecule has 0 aromatic carbocycles. The molecule has 0 amide bonds. The molecule has 0 saturated carbocycles. The first-order valence-electron chi connectivity index (χ1n) is 2.97. The maximum absolute atomic E-state index is 4.95. The SMILES string of the molecule is [CH2]CC(=S)CCC(C)=S. The molecular weight excluding hydrogens is 148 g/mol. The standard InChI is InChI=1S/C7H11S2/c1-3-7(9)5-4-6(2)8/h1,3-5H2,2H3. The second-order valence-electron chi connectivity index (χ2n) is 1.99. The lowest BCUT2D eigenvalue weighted by molar-refractivity contribution is 1.15. The van der Waals surface area contributed by atoms with Gasteiger partial charge in [0.15, 0.2) is 0 Å². The van der Waals surface area contributed by atoms with Gasteiger partial charge in [-0.1, -0.05) is 24.4 Å². The minimum absolute atomic E-state index is 0.762. The second-order valence-corrected chi connectivity index (χ2v) is 3.26. The Morgan fingerprint density at radius 3 is 2.22 bits per heavy atom. The fraction of sp³-hybridized carbons (Fsp3) is 0.571. The van der Waals surface area contributed by atoms with Gasteiger partial charge in [0.1, 0.15) is 0 Å². The third kappa shape index (κ3) is 6.06. The van der Waals surface area contributed by atoms with Crippen LogP contribution in [0.25, 0.3) is 0 Å². The summed E-state index contributed by atoms with van der Waals surface area (Å²) in [4.78, 5) is 2.06. The monoisotopic (exact) mass is 159 g/mol. The van der Waals surface area contributed by atoms with Crippen molar-refractivity contribution in [2.24, 2.45) is 0 Å². The fourth-order valence-electron chi connectivity index (χ4n) is 0.440. The Morgan fingerprint density at radius 2 is 1.89 bits per heavy atom. The highest BCUT2D eigenvalue weighted by atomic mass is 32.1. The molecule has 0 saturated heterocycles. The van der Waals surface area contributed by atoms with Crippen LogP contribution in [-0.4, -0.2) is 9.73 Å². The van der Waals surface area contributed by atoms with Crippen LogP contribution in [-0.2, 0) is 0 Å². The Balaban J connectivity index is 3.28. The van der Waals surface area contributed by atoms with E-state index in [1.54, 1.807) is 0 Å². The Morgan fingerprint density at radius 1 is 1.33 bits per heavy atom. The van der Waals surface area contributed by atoms with Gasteiger partial charge in [-0.3, -0.25) is 0 Å². The lowest BCUT2D eigenvalue weighted by Crippen LogP contribution is -1.95. The maximum Gasteiger partial charge on any atom is -0.00680 e. The molecule has 0 atom stereocenters. The lowest BCUT2D eigenvalue weighted by Gasteiger charge is -1.96. The van der Waals surface area contributed by atoms with Gasteiger partial charge in [-0.15, -0.1) is 0 Å². The summed E-state index contributed by atoms with van der Waals surface area (Å²) in [6.45, 7) is 5.62. The average molecular weight is 159 g/mol. The third-order valence-electron chi connectivity index (χ3n) is 1.03. The van der Waals surface area contributed by atoms with Crippen LogP contribution < -0.4 is 0 Å². The summed E-state index contributed by atoms with van der Waals surface area (Å²) in [5.41, 5.74) is 0. The first-order valence-corrected chi connectivity index (χ1v) is 3.79. The molecule has 0 N–H and O–H groups in total. The van der Waals surface area contributed by atoms with Crippen LogP contribution in [0, 0.1) is 6.92 Å². The van der Waals surface area contributed by atoms with Gasteiger partial charge in [-0.05, 0) is 42.8 Å². The average Bonchev–Trinajstić information content (AvgIpc) is 1.83. The van der Waals surface area contributed by atoms with E-state index >= 15 is 0 Å². The van der Waals surface area contributed by atoms with E-state index in [4.69, 9.17) is 24.4 Å². The second kappa shape index (κ2) is 5.00. The van der Waals surface area contributed by atoms with Crippen molar-refractivity contribution in [3.05, 3.63) is 6.92 Å². The molecule has 9 heavy (non-hydrogen) atoms. The predicted octanol–water partition coefficient (Wildman–Crippen LogP) is 2.75. The summed E-state index contributed by atoms with van der Waals surface area (Å²) in [6.07, 6.45) is 2.65. The van der Waals surface area contributed by atoms with Crippen molar-refractivity contribution in [2.45, 2.75) is 26.2 Å². The summed E-state index contributed by atoms with van der Waals surface area (Å²) in [6, 6.07) is 0. The number of hydrogen-bond donors (Lipinski definition) is 0. The molecule has 51 valence electrons. The van der Waals surface area contributed by atoms with Crippen molar-refractivity contribution >= 4 is 34.2 Å². The van der Waals surface area contributed by atoms with Crippen LogP contribution in [0.3, 0.4) is 0 Å².